The third-order valence-electron chi connectivity index (χ3n) is 4.04. The van der Waals surface area contributed by atoms with E-state index in [0.29, 0.717) is 13.2 Å². The first-order valence-electron chi connectivity index (χ1n) is 7.87. The van der Waals surface area contributed by atoms with E-state index in [2.05, 4.69) is 10.3 Å². The molecular weight excluding hydrogens is 340 g/mol. The van der Waals surface area contributed by atoms with Crippen molar-refractivity contribution in [1.82, 2.24) is 4.98 Å². The molecular formula is C18H14N2O4S. The second-order valence-electron chi connectivity index (χ2n) is 5.54. The molecule has 0 aliphatic carbocycles. The number of fused-ring (bicyclic) bond motifs is 2. The lowest BCUT2D eigenvalue weighted by Crippen LogP contribution is -2.15. The summed E-state index contributed by atoms with van der Waals surface area (Å²) in [4.78, 5) is 4.30. The van der Waals surface area contributed by atoms with E-state index in [1.807, 2.05) is 35.7 Å². The summed E-state index contributed by atoms with van der Waals surface area (Å²) < 4.78 is 22.6. The SMILES string of the molecule is c1csc(Nc2ccc3c(c2-c2ccc4c(c2)OCCO4)OCO3)n1. The van der Waals surface area contributed by atoms with Crippen molar-refractivity contribution in [3.63, 3.8) is 0 Å². The van der Waals surface area contributed by atoms with Gasteiger partial charge in [0.15, 0.2) is 28.1 Å². The van der Waals surface area contributed by atoms with Crippen LogP contribution in [0.4, 0.5) is 10.8 Å². The fourth-order valence-electron chi connectivity index (χ4n) is 2.96. The van der Waals surface area contributed by atoms with Crippen LogP contribution in [0.25, 0.3) is 11.1 Å². The van der Waals surface area contributed by atoms with Crippen LogP contribution >= 0.6 is 11.3 Å². The second kappa shape index (κ2) is 5.86. The first-order valence-corrected chi connectivity index (χ1v) is 8.75. The standard InChI is InChI=1S/C18H14N2O4S/c1-3-13-15(22-7-6-21-13)9-11(1)16-12(20-18-19-5-8-25-18)2-4-14-17(16)24-10-23-14/h1-5,8-9H,6-7,10H2,(H,19,20). The van der Waals surface area contributed by atoms with Crippen LogP contribution in [0.2, 0.25) is 0 Å². The zero-order chi connectivity index (χ0) is 16.6. The molecule has 0 bridgehead atoms. The molecule has 2 aliphatic heterocycles. The fourth-order valence-corrected chi connectivity index (χ4v) is 3.50. The number of nitrogens with one attached hydrogen (secondary N) is 1. The number of ether oxygens (including phenoxy) is 4. The highest BCUT2D eigenvalue weighted by Gasteiger charge is 2.24. The number of rotatable bonds is 3. The molecule has 0 spiro atoms. The molecule has 1 aromatic heterocycles. The lowest BCUT2D eigenvalue weighted by Gasteiger charge is -2.20. The van der Waals surface area contributed by atoms with Crippen LogP contribution in [0.5, 0.6) is 23.0 Å². The number of aromatic nitrogens is 1. The molecule has 126 valence electrons. The van der Waals surface area contributed by atoms with E-state index in [4.69, 9.17) is 18.9 Å². The van der Waals surface area contributed by atoms with Crippen LogP contribution in [-0.4, -0.2) is 25.0 Å². The Morgan fingerprint density at radius 2 is 1.80 bits per heavy atom. The highest BCUT2D eigenvalue weighted by atomic mass is 32.1. The predicted molar refractivity (Wildman–Crippen MR) is 94.4 cm³/mol. The van der Waals surface area contributed by atoms with Crippen LogP contribution in [0.15, 0.2) is 41.9 Å². The minimum absolute atomic E-state index is 0.216. The van der Waals surface area contributed by atoms with Crippen molar-refractivity contribution in [3.8, 4) is 34.1 Å². The summed E-state index contributed by atoms with van der Waals surface area (Å²) in [7, 11) is 0. The Balaban J connectivity index is 1.65. The van der Waals surface area contributed by atoms with Crippen molar-refractivity contribution in [2.45, 2.75) is 0 Å². The van der Waals surface area contributed by atoms with Gasteiger partial charge < -0.3 is 24.3 Å². The number of nitrogens with zero attached hydrogens (tertiary/aromatic N) is 1. The molecule has 0 unspecified atom stereocenters. The molecule has 7 heteroatoms. The Kier molecular flexibility index (Phi) is 3.38. The topological polar surface area (TPSA) is 61.8 Å². The Hall–Kier alpha value is -2.93. The molecule has 25 heavy (non-hydrogen) atoms. The van der Waals surface area contributed by atoms with E-state index in [-0.39, 0.29) is 6.79 Å². The van der Waals surface area contributed by atoms with Gasteiger partial charge in [-0.1, -0.05) is 6.07 Å². The van der Waals surface area contributed by atoms with E-state index in [0.717, 1.165) is 44.9 Å². The average Bonchev–Trinajstić information content (AvgIpc) is 3.33. The first-order chi connectivity index (χ1) is 12.4. The monoisotopic (exact) mass is 354 g/mol. The van der Waals surface area contributed by atoms with Gasteiger partial charge in [0.2, 0.25) is 6.79 Å². The highest BCUT2D eigenvalue weighted by molar-refractivity contribution is 7.13. The van der Waals surface area contributed by atoms with Crippen molar-refractivity contribution in [2.75, 3.05) is 25.3 Å². The van der Waals surface area contributed by atoms with Gasteiger partial charge in [0.05, 0.1) is 11.3 Å². The van der Waals surface area contributed by atoms with Crippen molar-refractivity contribution >= 4 is 22.2 Å². The van der Waals surface area contributed by atoms with Crippen LogP contribution < -0.4 is 24.3 Å². The van der Waals surface area contributed by atoms with Gasteiger partial charge in [-0.3, -0.25) is 0 Å². The number of hydrogen-bond donors (Lipinski definition) is 1. The molecule has 0 atom stereocenters. The summed E-state index contributed by atoms with van der Waals surface area (Å²) in [5.41, 5.74) is 2.78. The molecule has 1 N–H and O–H groups in total. The number of hydrogen-bond acceptors (Lipinski definition) is 7. The van der Waals surface area contributed by atoms with Crippen molar-refractivity contribution < 1.29 is 18.9 Å². The summed E-state index contributed by atoms with van der Waals surface area (Å²) >= 11 is 1.54. The quantitative estimate of drug-likeness (QED) is 0.765. The smallest absolute Gasteiger partial charge is 0.231 e. The number of benzene rings is 2. The molecule has 2 aromatic carbocycles. The third-order valence-corrected chi connectivity index (χ3v) is 4.73. The maximum atomic E-state index is 5.74. The Bertz CT molecular complexity index is 927. The van der Waals surface area contributed by atoms with Crippen molar-refractivity contribution in [3.05, 3.63) is 41.9 Å². The molecule has 5 rings (SSSR count). The maximum absolute atomic E-state index is 5.74. The van der Waals surface area contributed by atoms with Gasteiger partial charge >= 0.3 is 0 Å². The predicted octanol–water partition coefficient (Wildman–Crippen LogP) is 4.05. The highest BCUT2D eigenvalue weighted by Crippen LogP contribution is 2.48. The van der Waals surface area contributed by atoms with Gasteiger partial charge in [0, 0.05) is 11.6 Å². The maximum Gasteiger partial charge on any atom is 0.231 e. The normalized spacial score (nSPS) is 14.4. The largest absolute Gasteiger partial charge is 0.486 e. The molecule has 3 heterocycles. The van der Waals surface area contributed by atoms with Crippen molar-refractivity contribution in [1.29, 1.82) is 0 Å². The van der Waals surface area contributed by atoms with E-state index < -0.39 is 0 Å². The number of anilines is 2. The molecule has 3 aromatic rings. The van der Waals surface area contributed by atoms with Crippen LogP contribution in [0, 0.1) is 0 Å². The van der Waals surface area contributed by atoms with Crippen LogP contribution in [0.3, 0.4) is 0 Å². The average molecular weight is 354 g/mol. The van der Waals surface area contributed by atoms with E-state index >= 15 is 0 Å². The van der Waals surface area contributed by atoms with Gasteiger partial charge in [0.25, 0.3) is 0 Å². The summed E-state index contributed by atoms with van der Waals surface area (Å²) in [5, 5.41) is 6.11. The molecule has 0 fully saturated rings. The Morgan fingerprint density at radius 1 is 0.920 bits per heavy atom. The van der Waals surface area contributed by atoms with Crippen LogP contribution in [0.1, 0.15) is 0 Å². The number of thiazole rings is 1. The third kappa shape index (κ3) is 2.53. The Labute approximate surface area is 147 Å². The molecule has 6 nitrogen and oxygen atoms in total. The zero-order valence-corrected chi connectivity index (χ0v) is 14.0. The summed E-state index contributed by atoms with van der Waals surface area (Å²) in [5.74, 6) is 2.95. The molecule has 2 aliphatic rings. The van der Waals surface area contributed by atoms with Gasteiger partial charge in [-0.25, -0.2) is 4.98 Å². The van der Waals surface area contributed by atoms with Gasteiger partial charge in [-0.2, -0.15) is 0 Å². The van der Waals surface area contributed by atoms with Crippen LogP contribution in [-0.2, 0) is 0 Å². The summed E-state index contributed by atoms with van der Waals surface area (Å²) in [6, 6.07) is 9.77. The van der Waals surface area contributed by atoms with Gasteiger partial charge in [-0.15, -0.1) is 11.3 Å². The zero-order valence-electron chi connectivity index (χ0n) is 13.2. The van der Waals surface area contributed by atoms with E-state index in [1.54, 1.807) is 6.20 Å². The summed E-state index contributed by atoms with van der Waals surface area (Å²) in [6.07, 6.45) is 1.77. The fraction of sp³-hybridized carbons (Fsp3) is 0.167. The van der Waals surface area contributed by atoms with Crippen molar-refractivity contribution in [2.24, 2.45) is 0 Å². The molecule has 0 amide bonds. The minimum atomic E-state index is 0.216. The second-order valence-corrected chi connectivity index (χ2v) is 6.44. The van der Waals surface area contributed by atoms with Gasteiger partial charge in [0.1, 0.15) is 13.2 Å². The minimum Gasteiger partial charge on any atom is -0.486 e. The molecule has 0 saturated heterocycles. The first kappa shape index (κ1) is 14.4. The van der Waals surface area contributed by atoms with Gasteiger partial charge in [-0.05, 0) is 29.8 Å². The lowest BCUT2D eigenvalue weighted by molar-refractivity contribution is 0.171. The summed E-state index contributed by atoms with van der Waals surface area (Å²) in [6.45, 7) is 1.33. The lowest BCUT2D eigenvalue weighted by atomic mass is 10.0. The van der Waals surface area contributed by atoms with E-state index in [9.17, 15) is 0 Å². The van der Waals surface area contributed by atoms with E-state index in [1.165, 1.54) is 11.3 Å². The molecule has 0 radical (unpaired) electrons. The molecule has 0 saturated carbocycles. The Morgan fingerprint density at radius 3 is 2.68 bits per heavy atom.